The van der Waals surface area contributed by atoms with Gasteiger partial charge in [-0.2, -0.15) is 15.5 Å². The van der Waals surface area contributed by atoms with E-state index in [9.17, 15) is 15.2 Å². The van der Waals surface area contributed by atoms with Gasteiger partial charge in [0, 0.05) is 24.8 Å². The fraction of sp³-hybridized carbons (Fsp3) is 0.292. The van der Waals surface area contributed by atoms with E-state index in [1.54, 1.807) is 49.0 Å². The second-order valence-corrected chi connectivity index (χ2v) is 8.48. The first-order chi connectivity index (χ1) is 15.7. The fourth-order valence-electron chi connectivity index (χ4n) is 3.64. The van der Waals surface area contributed by atoms with Gasteiger partial charge in [-0.25, -0.2) is 9.50 Å². The summed E-state index contributed by atoms with van der Waals surface area (Å²) in [5, 5.41) is 31.2. The van der Waals surface area contributed by atoms with E-state index in [4.69, 9.17) is 5.10 Å². The van der Waals surface area contributed by atoms with Gasteiger partial charge in [0.1, 0.15) is 11.4 Å². The largest absolute Gasteiger partial charge is 0.389 e. The molecule has 2 N–H and O–H groups in total. The zero-order chi connectivity index (χ0) is 23.8. The normalized spacial score (nSPS) is 11.5. The number of amides is 1. The van der Waals surface area contributed by atoms with E-state index in [0.29, 0.717) is 23.4 Å². The number of rotatable bonds is 6. The summed E-state index contributed by atoms with van der Waals surface area (Å²) < 4.78 is 3.50. The maximum atomic E-state index is 12.7. The molecule has 168 valence electrons. The van der Waals surface area contributed by atoms with E-state index in [0.717, 1.165) is 22.4 Å². The molecule has 33 heavy (non-hydrogen) atoms. The highest BCUT2D eigenvalue weighted by Crippen LogP contribution is 2.36. The molecule has 1 aromatic carbocycles. The molecule has 4 aromatic rings. The Kier molecular flexibility index (Phi) is 5.70. The fourth-order valence-corrected chi connectivity index (χ4v) is 3.64. The molecule has 0 aliphatic rings. The van der Waals surface area contributed by atoms with Crippen molar-refractivity contribution in [2.24, 2.45) is 0 Å². The summed E-state index contributed by atoms with van der Waals surface area (Å²) in [5.41, 5.74) is 4.15. The van der Waals surface area contributed by atoms with Crippen LogP contribution in [0.25, 0.3) is 28.2 Å². The lowest BCUT2D eigenvalue weighted by Gasteiger charge is -2.17. The first-order valence-corrected chi connectivity index (χ1v) is 10.6. The van der Waals surface area contributed by atoms with Crippen molar-refractivity contribution < 1.29 is 9.90 Å². The highest BCUT2D eigenvalue weighted by Gasteiger charge is 2.24. The topological polar surface area (TPSA) is 121 Å². The van der Waals surface area contributed by atoms with Crippen molar-refractivity contribution in [1.82, 2.24) is 29.7 Å². The Balaban J connectivity index is 1.94. The molecule has 0 fully saturated rings. The number of hydrogen-bond donors (Lipinski definition) is 2. The van der Waals surface area contributed by atoms with Crippen molar-refractivity contribution in [3.05, 3.63) is 59.5 Å². The van der Waals surface area contributed by atoms with Gasteiger partial charge in [0.2, 0.25) is 0 Å². The average molecular weight is 444 g/mol. The Labute approximate surface area is 191 Å². The molecule has 0 bridgehead atoms. The third kappa shape index (κ3) is 4.33. The number of hydrogen-bond acceptors (Lipinski definition) is 6. The first-order valence-electron chi connectivity index (χ1n) is 10.6. The number of benzene rings is 1. The van der Waals surface area contributed by atoms with Gasteiger partial charge in [-0.1, -0.05) is 12.1 Å². The summed E-state index contributed by atoms with van der Waals surface area (Å²) in [6.07, 6.45) is 3.47. The molecule has 9 nitrogen and oxygen atoms in total. The summed E-state index contributed by atoms with van der Waals surface area (Å²) in [6.45, 7) is 7.95. The molecule has 0 spiro atoms. The minimum Gasteiger partial charge on any atom is -0.389 e. The van der Waals surface area contributed by atoms with Gasteiger partial charge in [0.05, 0.1) is 34.7 Å². The molecule has 0 saturated heterocycles. The number of aromatic nitrogens is 5. The van der Waals surface area contributed by atoms with Crippen LogP contribution in [-0.4, -0.2) is 47.5 Å². The van der Waals surface area contributed by atoms with Crippen molar-refractivity contribution >= 4 is 11.6 Å². The Morgan fingerprint density at radius 2 is 2.09 bits per heavy atom. The predicted molar refractivity (Wildman–Crippen MR) is 123 cm³/mol. The minimum atomic E-state index is -1.04. The van der Waals surface area contributed by atoms with Crippen LogP contribution in [0.5, 0.6) is 0 Å². The molecule has 0 atom stereocenters. The molecule has 3 aromatic heterocycles. The average Bonchev–Trinajstić information content (AvgIpc) is 3.35. The Bertz CT molecular complexity index is 1390. The Hall–Kier alpha value is -4.03. The van der Waals surface area contributed by atoms with E-state index in [1.165, 1.54) is 0 Å². The minimum absolute atomic E-state index is 0.0960. The van der Waals surface area contributed by atoms with E-state index in [2.05, 4.69) is 21.5 Å². The predicted octanol–water partition coefficient (Wildman–Crippen LogP) is 2.96. The van der Waals surface area contributed by atoms with Crippen molar-refractivity contribution in [3.8, 4) is 28.6 Å². The molecule has 1 amide bonds. The Morgan fingerprint density at radius 3 is 2.79 bits per heavy atom. The summed E-state index contributed by atoms with van der Waals surface area (Å²) >= 11 is 0. The monoisotopic (exact) mass is 443 g/mol. The van der Waals surface area contributed by atoms with Crippen molar-refractivity contribution in [3.63, 3.8) is 0 Å². The van der Waals surface area contributed by atoms with Crippen LogP contribution >= 0.6 is 0 Å². The molecule has 0 saturated carbocycles. The van der Waals surface area contributed by atoms with Crippen LogP contribution in [0.15, 0.2) is 42.7 Å². The van der Waals surface area contributed by atoms with E-state index in [1.807, 2.05) is 30.7 Å². The smallest absolute Gasteiger partial charge is 0.270 e. The lowest BCUT2D eigenvalue weighted by atomic mass is 10.0. The molecule has 3 heterocycles. The third-order valence-electron chi connectivity index (χ3n) is 5.22. The molecule has 0 aliphatic carbocycles. The van der Waals surface area contributed by atoms with Gasteiger partial charge in [-0.15, -0.1) is 0 Å². The molecular weight excluding hydrogens is 418 g/mol. The van der Waals surface area contributed by atoms with Crippen LogP contribution in [0.3, 0.4) is 0 Å². The van der Waals surface area contributed by atoms with Crippen LogP contribution in [0.1, 0.15) is 42.4 Å². The summed E-state index contributed by atoms with van der Waals surface area (Å²) in [7, 11) is 0. The number of aliphatic hydroxyl groups is 1. The zero-order valence-corrected chi connectivity index (χ0v) is 19.0. The summed E-state index contributed by atoms with van der Waals surface area (Å²) in [5.74, 6) is -0.388. The number of carbonyl (C=O) groups excluding carboxylic acids is 1. The lowest BCUT2D eigenvalue weighted by Crippen LogP contribution is -2.38. The van der Waals surface area contributed by atoms with E-state index >= 15 is 0 Å². The summed E-state index contributed by atoms with van der Waals surface area (Å²) in [6, 6.07) is 11.0. The van der Waals surface area contributed by atoms with Gasteiger partial charge in [0.25, 0.3) is 5.91 Å². The van der Waals surface area contributed by atoms with Gasteiger partial charge in [-0.05, 0) is 51.5 Å². The quantitative estimate of drug-likeness (QED) is 0.473. The van der Waals surface area contributed by atoms with E-state index < -0.39 is 5.60 Å². The summed E-state index contributed by atoms with van der Waals surface area (Å²) in [4.78, 5) is 17.4. The Morgan fingerprint density at radius 1 is 1.30 bits per heavy atom. The van der Waals surface area contributed by atoms with Crippen molar-refractivity contribution in [2.45, 2.75) is 39.8 Å². The van der Waals surface area contributed by atoms with Crippen molar-refractivity contribution in [1.29, 1.82) is 5.26 Å². The molecule has 0 radical (unpaired) electrons. The number of fused-ring (bicyclic) bond motifs is 1. The van der Waals surface area contributed by atoms with Crippen LogP contribution in [0.4, 0.5) is 0 Å². The molecular formula is C24H25N7O2. The lowest BCUT2D eigenvalue weighted by molar-refractivity contribution is 0.0692. The van der Waals surface area contributed by atoms with Crippen LogP contribution in [0, 0.1) is 18.3 Å². The van der Waals surface area contributed by atoms with Gasteiger partial charge in [0.15, 0.2) is 5.65 Å². The number of nitrogens with one attached hydrogen (secondary N) is 1. The molecule has 4 rings (SSSR count). The van der Waals surface area contributed by atoms with Crippen LogP contribution < -0.4 is 5.32 Å². The molecule has 0 aliphatic heterocycles. The number of carbonyl (C=O) groups is 1. The van der Waals surface area contributed by atoms with Crippen LogP contribution in [-0.2, 0) is 6.54 Å². The third-order valence-corrected chi connectivity index (χ3v) is 5.22. The highest BCUT2D eigenvalue weighted by molar-refractivity contribution is 5.95. The number of nitrogens with zero attached hydrogens (tertiary/aromatic N) is 6. The SMILES string of the molecule is CCn1ncc(C)c1-c1c(-c2cccc(C#N)c2)nn2ccc(C(=O)NCC(C)(C)O)nc12. The van der Waals surface area contributed by atoms with E-state index in [-0.39, 0.29) is 18.1 Å². The molecule has 0 unspecified atom stereocenters. The standard InChI is InChI=1S/C24H25N7O2/c1-5-30-21(15(2)13-27-30)19-20(17-8-6-7-16(11-17)12-25)29-31-10-9-18(28-22(19)31)23(32)26-14-24(3,4)33/h6-11,13,33H,5,14H2,1-4H3,(H,26,32). The zero-order valence-electron chi connectivity index (χ0n) is 19.0. The first kappa shape index (κ1) is 22.2. The number of nitriles is 1. The highest BCUT2D eigenvalue weighted by atomic mass is 16.3. The second-order valence-electron chi connectivity index (χ2n) is 8.48. The van der Waals surface area contributed by atoms with Crippen LogP contribution in [0.2, 0.25) is 0 Å². The van der Waals surface area contributed by atoms with Gasteiger partial charge in [-0.3, -0.25) is 9.48 Å². The second kappa shape index (κ2) is 8.48. The van der Waals surface area contributed by atoms with Gasteiger partial charge >= 0.3 is 0 Å². The number of aryl methyl sites for hydroxylation is 2. The van der Waals surface area contributed by atoms with Crippen molar-refractivity contribution in [2.75, 3.05) is 6.54 Å². The van der Waals surface area contributed by atoms with Gasteiger partial charge < -0.3 is 10.4 Å². The maximum absolute atomic E-state index is 12.7. The maximum Gasteiger partial charge on any atom is 0.270 e. The molecule has 9 heteroatoms.